The Kier molecular flexibility index (Phi) is 4.27. The van der Waals surface area contributed by atoms with Crippen molar-refractivity contribution in [3.8, 4) is 0 Å². The molecule has 2 unspecified atom stereocenters. The number of carbonyl (C=O) groups excluding carboxylic acids is 2. The molecule has 1 aliphatic rings. The van der Waals surface area contributed by atoms with E-state index in [1.807, 2.05) is 14.0 Å². The topological polar surface area (TPSA) is 40.6 Å². The molecule has 1 heterocycles. The molecule has 0 aliphatic carbocycles. The lowest BCUT2D eigenvalue weighted by Gasteiger charge is -2.28. The van der Waals surface area contributed by atoms with Crippen LogP contribution in [0.25, 0.3) is 0 Å². The summed E-state index contributed by atoms with van der Waals surface area (Å²) in [5, 5.41) is 0. The van der Waals surface area contributed by atoms with Crippen LogP contribution in [0.3, 0.4) is 0 Å². The van der Waals surface area contributed by atoms with Gasteiger partial charge in [0.05, 0.1) is 0 Å². The Morgan fingerprint density at radius 3 is 2.87 bits per heavy atom. The predicted molar refractivity (Wildman–Crippen MR) is 58.5 cm³/mol. The lowest BCUT2D eigenvalue weighted by molar-refractivity contribution is -0.129. The fraction of sp³-hybridized carbons (Fsp3) is 0.818. The van der Waals surface area contributed by atoms with E-state index in [9.17, 15) is 9.59 Å². The summed E-state index contributed by atoms with van der Waals surface area (Å²) in [5.74, 6) is 0.245. The summed E-state index contributed by atoms with van der Waals surface area (Å²) in [6, 6.07) is 0.337. The molecular formula is C11H20N2O2. The van der Waals surface area contributed by atoms with E-state index in [-0.39, 0.29) is 11.8 Å². The van der Waals surface area contributed by atoms with E-state index in [4.69, 9.17) is 0 Å². The minimum absolute atomic E-state index is 0.0472. The molecule has 0 bridgehead atoms. The lowest BCUT2D eigenvalue weighted by atomic mass is 10.1. The first-order chi connectivity index (χ1) is 7.04. The van der Waals surface area contributed by atoms with Gasteiger partial charge in [-0.15, -0.1) is 0 Å². The van der Waals surface area contributed by atoms with Crippen LogP contribution >= 0.6 is 0 Å². The van der Waals surface area contributed by atoms with Gasteiger partial charge >= 0.3 is 0 Å². The molecule has 1 amide bonds. The van der Waals surface area contributed by atoms with Crippen LogP contribution in [-0.4, -0.2) is 54.7 Å². The van der Waals surface area contributed by atoms with Crippen LogP contribution in [0.4, 0.5) is 0 Å². The van der Waals surface area contributed by atoms with Crippen molar-refractivity contribution in [1.29, 1.82) is 0 Å². The van der Waals surface area contributed by atoms with Crippen LogP contribution in [0, 0.1) is 5.92 Å². The number of aldehydes is 1. The summed E-state index contributed by atoms with van der Waals surface area (Å²) in [6.07, 6.45) is 1.54. The van der Waals surface area contributed by atoms with E-state index < -0.39 is 0 Å². The van der Waals surface area contributed by atoms with Gasteiger partial charge in [0.25, 0.3) is 0 Å². The molecule has 0 aromatic rings. The first kappa shape index (κ1) is 12.2. The van der Waals surface area contributed by atoms with E-state index in [0.717, 1.165) is 25.9 Å². The van der Waals surface area contributed by atoms with Gasteiger partial charge < -0.3 is 9.69 Å². The maximum atomic E-state index is 11.5. The van der Waals surface area contributed by atoms with Gasteiger partial charge in [-0.25, -0.2) is 0 Å². The molecule has 1 fully saturated rings. The van der Waals surface area contributed by atoms with Gasteiger partial charge in [0, 0.05) is 45.1 Å². The molecule has 0 aromatic heterocycles. The third-order valence-corrected chi connectivity index (χ3v) is 2.95. The van der Waals surface area contributed by atoms with Crippen LogP contribution in [0.5, 0.6) is 0 Å². The number of likely N-dealkylation sites (N-methyl/N-ethyl adjacent to an activating group) is 1. The molecule has 0 spiro atoms. The normalized spacial score (nSPS) is 26.2. The number of carbonyl (C=O) groups is 2. The van der Waals surface area contributed by atoms with E-state index in [2.05, 4.69) is 11.8 Å². The quantitative estimate of drug-likeness (QED) is 0.635. The molecule has 0 N–H and O–H groups in total. The zero-order chi connectivity index (χ0) is 11.4. The minimum atomic E-state index is 0.0472. The van der Waals surface area contributed by atoms with Crippen molar-refractivity contribution < 1.29 is 9.59 Å². The monoisotopic (exact) mass is 212 g/mol. The van der Waals surface area contributed by atoms with Gasteiger partial charge in [-0.2, -0.15) is 0 Å². The molecule has 0 saturated carbocycles. The van der Waals surface area contributed by atoms with Crippen LogP contribution in [0.15, 0.2) is 0 Å². The molecule has 15 heavy (non-hydrogen) atoms. The average Bonchev–Trinajstić information content (AvgIpc) is 2.32. The van der Waals surface area contributed by atoms with Crippen LogP contribution in [0.1, 0.15) is 20.3 Å². The van der Waals surface area contributed by atoms with Crippen molar-refractivity contribution in [3.05, 3.63) is 0 Å². The smallest absolute Gasteiger partial charge is 0.223 e. The molecule has 2 atom stereocenters. The largest absolute Gasteiger partial charge is 0.344 e. The van der Waals surface area contributed by atoms with Crippen molar-refractivity contribution in [2.24, 2.45) is 5.92 Å². The summed E-state index contributed by atoms with van der Waals surface area (Å²) in [7, 11) is 1.84. The average molecular weight is 212 g/mol. The predicted octanol–water partition coefficient (Wildman–Crippen LogP) is 0.374. The van der Waals surface area contributed by atoms with Crippen LogP contribution in [-0.2, 0) is 9.59 Å². The highest BCUT2D eigenvalue weighted by Gasteiger charge is 2.24. The Labute approximate surface area is 91.2 Å². The summed E-state index contributed by atoms with van der Waals surface area (Å²) in [5.41, 5.74) is 0. The highest BCUT2D eigenvalue weighted by atomic mass is 16.2. The van der Waals surface area contributed by atoms with Crippen molar-refractivity contribution in [2.75, 3.05) is 26.7 Å². The standard InChI is InChI=1S/C11H20N2O2/c1-9(8-14)6-13-5-4-11(15)12(3)7-10(13)2/h8-10H,4-7H2,1-3H3. The van der Waals surface area contributed by atoms with E-state index in [0.29, 0.717) is 12.5 Å². The number of hydrogen-bond acceptors (Lipinski definition) is 3. The molecule has 0 radical (unpaired) electrons. The van der Waals surface area contributed by atoms with E-state index in [1.54, 1.807) is 4.90 Å². The summed E-state index contributed by atoms with van der Waals surface area (Å²) >= 11 is 0. The fourth-order valence-electron chi connectivity index (χ4n) is 1.95. The second-order valence-electron chi connectivity index (χ2n) is 4.48. The van der Waals surface area contributed by atoms with Gasteiger partial charge in [0.15, 0.2) is 0 Å². The highest BCUT2D eigenvalue weighted by Crippen LogP contribution is 2.11. The number of hydrogen-bond donors (Lipinski definition) is 0. The first-order valence-corrected chi connectivity index (χ1v) is 5.48. The van der Waals surface area contributed by atoms with Crippen molar-refractivity contribution in [3.63, 3.8) is 0 Å². The molecule has 4 nitrogen and oxygen atoms in total. The van der Waals surface area contributed by atoms with Gasteiger partial charge in [-0.1, -0.05) is 6.92 Å². The van der Waals surface area contributed by atoms with Crippen molar-refractivity contribution in [1.82, 2.24) is 9.80 Å². The maximum Gasteiger partial charge on any atom is 0.223 e. The zero-order valence-corrected chi connectivity index (χ0v) is 9.77. The SMILES string of the molecule is CC(C=O)CN1CCC(=O)N(C)CC1C. The van der Waals surface area contributed by atoms with Gasteiger partial charge in [0.2, 0.25) is 5.91 Å². The van der Waals surface area contributed by atoms with Gasteiger partial charge in [-0.05, 0) is 6.92 Å². The maximum absolute atomic E-state index is 11.5. The minimum Gasteiger partial charge on any atom is -0.344 e. The Hall–Kier alpha value is -0.900. The molecule has 1 rings (SSSR count). The Morgan fingerprint density at radius 2 is 2.27 bits per heavy atom. The van der Waals surface area contributed by atoms with Gasteiger partial charge in [-0.3, -0.25) is 9.69 Å². The number of amides is 1. The van der Waals surface area contributed by atoms with Crippen LogP contribution in [0.2, 0.25) is 0 Å². The Balaban J connectivity index is 2.57. The third-order valence-electron chi connectivity index (χ3n) is 2.95. The third kappa shape index (κ3) is 3.30. The second kappa shape index (κ2) is 5.26. The molecular weight excluding hydrogens is 192 g/mol. The summed E-state index contributed by atoms with van der Waals surface area (Å²) < 4.78 is 0. The van der Waals surface area contributed by atoms with Crippen LogP contribution < -0.4 is 0 Å². The van der Waals surface area contributed by atoms with Crippen molar-refractivity contribution in [2.45, 2.75) is 26.3 Å². The van der Waals surface area contributed by atoms with Crippen molar-refractivity contribution >= 4 is 12.2 Å². The molecule has 1 aliphatic heterocycles. The Bertz CT molecular complexity index is 243. The summed E-state index contributed by atoms with van der Waals surface area (Å²) in [4.78, 5) is 26.1. The summed E-state index contributed by atoms with van der Waals surface area (Å²) in [6.45, 7) is 6.29. The van der Waals surface area contributed by atoms with E-state index in [1.165, 1.54) is 0 Å². The fourth-order valence-corrected chi connectivity index (χ4v) is 1.95. The highest BCUT2D eigenvalue weighted by molar-refractivity contribution is 5.76. The second-order valence-corrected chi connectivity index (χ2v) is 4.48. The van der Waals surface area contributed by atoms with E-state index >= 15 is 0 Å². The Morgan fingerprint density at radius 1 is 1.60 bits per heavy atom. The molecule has 1 saturated heterocycles. The number of rotatable bonds is 3. The zero-order valence-electron chi connectivity index (χ0n) is 9.77. The molecule has 0 aromatic carbocycles. The number of nitrogens with zero attached hydrogens (tertiary/aromatic N) is 2. The first-order valence-electron chi connectivity index (χ1n) is 5.48. The molecule has 86 valence electrons. The lowest BCUT2D eigenvalue weighted by Crippen LogP contribution is -2.40. The molecule has 4 heteroatoms. The van der Waals surface area contributed by atoms with Gasteiger partial charge in [0.1, 0.15) is 6.29 Å².